The summed E-state index contributed by atoms with van der Waals surface area (Å²) < 4.78 is 4.96. The molecule has 2 unspecified atom stereocenters. The molecule has 9 heteroatoms. The van der Waals surface area contributed by atoms with E-state index in [1.807, 2.05) is 13.0 Å². The molecule has 7 atom stereocenters. The second kappa shape index (κ2) is 9.62. The molecule has 34 heavy (non-hydrogen) atoms. The molecule has 3 fully saturated rings. The summed E-state index contributed by atoms with van der Waals surface area (Å²) in [6.07, 6.45) is 6.27. The van der Waals surface area contributed by atoms with E-state index in [9.17, 15) is 29.4 Å². The molecule has 0 aromatic heterocycles. The van der Waals surface area contributed by atoms with Crippen LogP contribution in [0.15, 0.2) is 23.8 Å². The van der Waals surface area contributed by atoms with Gasteiger partial charge < -0.3 is 20.1 Å². The van der Waals surface area contributed by atoms with E-state index in [0.29, 0.717) is 6.42 Å². The van der Waals surface area contributed by atoms with Crippen molar-refractivity contribution in [1.29, 1.82) is 0 Å². The molecule has 4 rings (SSSR count). The number of ketones is 2. The molecule has 3 saturated carbocycles. The Morgan fingerprint density at radius 1 is 1.18 bits per heavy atom. The van der Waals surface area contributed by atoms with Gasteiger partial charge in [-0.05, 0) is 56.1 Å². The molecule has 0 amide bonds. The Morgan fingerprint density at radius 3 is 2.56 bits per heavy atom. The maximum atomic E-state index is 13.1. The average Bonchev–Trinajstić information content (AvgIpc) is 3.02. The summed E-state index contributed by atoms with van der Waals surface area (Å²) in [5.74, 6) is -2.58. The van der Waals surface area contributed by atoms with Gasteiger partial charge in [0.05, 0.1) is 18.9 Å². The molecule has 0 aliphatic heterocycles. The zero-order valence-electron chi connectivity index (χ0n) is 19.1. The van der Waals surface area contributed by atoms with Crippen LogP contribution in [-0.2, 0) is 23.9 Å². The van der Waals surface area contributed by atoms with Crippen LogP contribution in [-0.4, -0.2) is 86.7 Å². The van der Waals surface area contributed by atoms with Crippen molar-refractivity contribution in [3.8, 4) is 0 Å². The Labute approximate surface area is 221 Å². The summed E-state index contributed by atoms with van der Waals surface area (Å²) in [4.78, 5) is 47.4. The molecular formula is C25H33NaO8. The fourth-order valence-corrected chi connectivity index (χ4v) is 7.34. The quantitative estimate of drug-likeness (QED) is 0.379. The number of rotatable bonds is 6. The van der Waals surface area contributed by atoms with E-state index in [1.165, 1.54) is 0 Å². The van der Waals surface area contributed by atoms with Gasteiger partial charge in [-0.25, -0.2) is 0 Å². The summed E-state index contributed by atoms with van der Waals surface area (Å²) in [6.45, 7) is 3.30. The summed E-state index contributed by atoms with van der Waals surface area (Å²) >= 11 is 0. The van der Waals surface area contributed by atoms with Crippen LogP contribution >= 0.6 is 0 Å². The fourth-order valence-electron chi connectivity index (χ4n) is 7.34. The summed E-state index contributed by atoms with van der Waals surface area (Å²) in [7, 11) is 0. The third kappa shape index (κ3) is 4.26. The zero-order valence-corrected chi connectivity index (χ0v) is 19.1. The van der Waals surface area contributed by atoms with Crippen molar-refractivity contribution in [3.63, 3.8) is 0 Å². The number of hydrogen-bond acceptors (Lipinski definition) is 7. The Hall–Kier alpha value is -1.32. The molecule has 0 aromatic rings. The number of allylic oxidation sites excluding steroid dienone is 4. The van der Waals surface area contributed by atoms with Gasteiger partial charge in [-0.3, -0.25) is 19.2 Å². The molecule has 0 heterocycles. The van der Waals surface area contributed by atoms with Gasteiger partial charge in [0, 0.05) is 16.7 Å². The number of carboxylic acid groups (broad SMARTS) is 1. The number of hydrogen-bond donors (Lipinski definition) is 3. The number of esters is 1. The van der Waals surface area contributed by atoms with Gasteiger partial charge in [0.2, 0.25) is 5.78 Å². The Bertz CT molecular complexity index is 957. The first kappa shape index (κ1) is 27.3. The molecular weight excluding hydrogens is 451 g/mol. The molecule has 4 aliphatic carbocycles. The maximum absolute atomic E-state index is 13.1. The molecule has 0 radical (unpaired) electrons. The predicted octanol–water partition coefficient (Wildman–Crippen LogP) is 1.32. The molecule has 8 nitrogen and oxygen atoms in total. The number of fused-ring (bicyclic) bond motifs is 5. The van der Waals surface area contributed by atoms with E-state index >= 15 is 0 Å². The van der Waals surface area contributed by atoms with Crippen LogP contribution in [0.1, 0.15) is 58.8 Å². The number of aliphatic carboxylic acids is 1. The SMILES string of the molecule is C[C@]12C=CC(=O)C=C1CC[C@@H]1C3CC[C@](O)(C(=O)COC(=O)CCC(=O)O)[C@@]3(C)CC(O)[C@H]12.[NaH]. The molecule has 0 bridgehead atoms. The van der Waals surface area contributed by atoms with Crippen LogP contribution in [0.4, 0.5) is 0 Å². The van der Waals surface area contributed by atoms with Crippen molar-refractivity contribution in [2.75, 3.05) is 6.61 Å². The van der Waals surface area contributed by atoms with E-state index in [1.54, 1.807) is 12.2 Å². The predicted molar refractivity (Wildman–Crippen MR) is 123 cm³/mol. The van der Waals surface area contributed by atoms with Gasteiger partial charge in [0.1, 0.15) is 5.60 Å². The van der Waals surface area contributed by atoms with Gasteiger partial charge in [-0.15, -0.1) is 0 Å². The monoisotopic (exact) mass is 484 g/mol. The summed E-state index contributed by atoms with van der Waals surface area (Å²) in [5.41, 5.74) is -1.99. The third-order valence-electron chi connectivity index (χ3n) is 9.02. The summed E-state index contributed by atoms with van der Waals surface area (Å²) in [5, 5.41) is 31.6. The Morgan fingerprint density at radius 2 is 1.88 bits per heavy atom. The van der Waals surface area contributed by atoms with Crippen LogP contribution in [0.3, 0.4) is 0 Å². The van der Waals surface area contributed by atoms with E-state index < -0.39 is 46.9 Å². The molecule has 182 valence electrons. The van der Waals surface area contributed by atoms with E-state index in [-0.39, 0.29) is 78.8 Å². The second-order valence-electron chi connectivity index (χ2n) is 10.6. The number of ether oxygens (including phenoxy) is 1. The number of carboxylic acids is 1. The molecule has 0 saturated heterocycles. The molecule has 4 aliphatic rings. The zero-order chi connectivity index (χ0) is 24.2. The van der Waals surface area contributed by atoms with Crippen molar-refractivity contribution in [1.82, 2.24) is 0 Å². The van der Waals surface area contributed by atoms with Crippen LogP contribution in [0, 0.1) is 28.6 Å². The third-order valence-corrected chi connectivity index (χ3v) is 9.02. The van der Waals surface area contributed by atoms with Gasteiger partial charge in [0.15, 0.2) is 12.4 Å². The molecule has 0 aromatic carbocycles. The van der Waals surface area contributed by atoms with E-state index in [0.717, 1.165) is 18.4 Å². The van der Waals surface area contributed by atoms with Crippen LogP contribution in [0.25, 0.3) is 0 Å². The molecule has 0 spiro atoms. The Kier molecular flexibility index (Phi) is 7.71. The standard InChI is InChI=1S/C25H32O8.Na.H/c1-23-9-7-15(26)11-14(23)3-4-16-17-8-10-25(32,24(17,2)12-18(27)22(16)23)19(28)13-33-21(31)6-5-20(29)30;;/h7,9,11,16-18,22,27,32H,3-6,8,10,12-13H2,1-2H3,(H,29,30);;/t16-,17?,18?,22+,23+,24+,25+;;/m1../s1. The topological polar surface area (TPSA) is 138 Å². The first-order valence-electron chi connectivity index (χ1n) is 11.7. The van der Waals surface area contributed by atoms with Gasteiger partial charge >= 0.3 is 41.5 Å². The number of aliphatic hydroxyl groups is 2. The second-order valence-corrected chi connectivity index (χ2v) is 10.6. The van der Waals surface area contributed by atoms with Crippen LogP contribution < -0.4 is 0 Å². The average molecular weight is 485 g/mol. The van der Waals surface area contributed by atoms with Gasteiger partial charge in [-0.1, -0.05) is 25.5 Å². The van der Waals surface area contributed by atoms with Gasteiger partial charge in [0.25, 0.3) is 0 Å². The van der Waals surface area contributed by atoms with Gasteiger partial charge in [-0.2, -0.15) is 0 Å². The van der Waals surface area contributed by atoms with E-state index in [4.69, 9.17) is 9.84 Å². The van der Waals surface area contributed by atoms with Crippen molar-refractivity contribution >= 4 is 53.1 Å². The van der Waals surface area contributed by atoms with Crippen LogP contribution in [0.2, 0.25) is 0 Å². The first-order valence-corrected chi connectivity index (χ1v) is 11.7. The summed E-state index contributed by atoms with van der Waals surface area (Å²) in [6, 6.07) is 0. The normalized spacial score (nSPS) is 40.2. The van der Waals surface area contributed by atoms with Crippen molar-refractivity contribution < 1.29 is 39.2 Å². The first-order chi connectivity index (χ1) is 15.4. The fraction of sp³-hybridized carbons (Fsp3) is 0.680. The minimum atomic E-state index is -1.73. The van der Waals surface area contributed by atoms with E-state index in [2.05, 4.69) is 6.92 Å². The molecule has 3 N–H and O–H groups in total. The van der Waals surface area contributed by atoms with Crippen molar-refractivity contribution in [3.05, 3.63) is 23.8 Å². The van der Waals surface area contributed by atoms with Crippen molar-refractivity contribution in [2.45, 2.75) is 70.5 Å². The minimum absolute atomic E-state index is 0. The number of carbonyl (C=O) groups excluding carboxylic acids is 3. The number of carbonyl (C=O) groups is 4. The number of aliphatic hydroxyl groups excluding tert-OH is 1. The Balaban J connectivity index is 0.00000324. The number of Topliss-reactive ketones (excluding diaryl/α,β-unsaturated/α-hetero) is 1. The van der Waals surface area contributed by atoms with Crippen molar-refractivity contribution in [2.24, 2.45) is 28.6 Å². The van der Waals surface area contributed by atoms with Crippen LogP contribution in [0.5, 0.6) is 0 Å².